The van der Waals surface area contributed by atoms with Gasteiger partial charge < -0.3 is 14.6 Å². The minimum absolute atomic E-state index is 0.199. The Labute approximate surface area is 174 Å². The first kappa shape index (κ1) is 19.4. The molecule has 0 atom stereocenters. The fraction of sp³-hybridized carbons (Fsp3) is 0.125. The molecular weight excluding hydrogens is 378 g/mol. The van der Waals surface area contributed by atoms with Crippen molar-refractivity contribution in [3.8, 4) is 28.6 Å². The summed E-state index contributed by atoms with van der Waals surface area (Å²) in [6, 6.07) is 22.6. The van der Waals surface area contributed by atoms with Crippen molar-refractivity contribution in [3.63, 3.8) is 0 Å². The van der Waals surface area contributed by atoms with Crippen molar-refractivity contribution in [3.05, 3.63) is 89.5 Å². The third kappa shape index (κ3) is 4.22. The fourth-order valence-corrected chi connectivity index (χ4v) is 3.04. The number of rotatable bonds is 6. The molecule has 0 radical (unpaired) electrons. The summed E-state index contributed by atoms with van der Waals surface area (Å²) in [5.74, 6) is 1.29. The maximum Gasteiger partial charge on any atom is 0.259 e. The SMILES string of the molecule is COc1ccc(-c2noc(-c3ccccc3C(=O)NCc3ccc(C)cc3)n2)cc1. The topological polar surface area (TPSA) is 77.2 Å². The van der Waals surface area contributed by atoms with E-state index in [1.54, 1.807) is 19.2 Å². The summed E-state index contributed by atoms with van der Waals surface area (Å²) in [7, 11) is 1.61. The van der Waals surface area contributed by atoms with E-state index in [0.29, 0.717) is 29.4 Å². The molecule has 0 fully saturated rings. The Morgan fingerprint density at radius 3 is 2.47 bits per heavy atom. The molecular formula is C24H21N3O3. The summed E-state index contributed by atoms with van der Waals surface area (Å²) in [5, 5.41) is 7.02. The highest BCUT2D eigenvalue weighted by atomic mass is 16.5. The maximum absolute atomic E-state index is 12.8. The van der Waals surface area contributed by atoms with Gasteiger partial charge in [0.25, 0.3) is 11.8 Å². The molecule has 0 saturated carbocycles. The summed E-state index contributed by atoms with van der Waals surface area (Å²) < 4.78 is 10.6. The van der Waals surface area contributed by atoms with Gasteiger partial charge in [-0.1, -0.05) is 47.1 Å². The number of hydrogen-bond acceptors (Lipinski definition) is 5. The van der Waals surface area contributed by atoms with Gasteiger partial charge in [0, 0.05) is 12.1 Å². The Balaban J connectivity index is 1.54. The molecule has 6 heteroatoms. The zero-order chi connectivity index (χ0) is 20.9. The average Bonchev–Trinajstić information content (AvgIpc) is 3.29. The van der Waals surface area contributed by atoms with Crippen molar-refractivity contribution in [2.24, 2.45) is 0 Å². The minimum atomic E-state index is -0.199. The Bertz CT molecular complexity index is 1150. The molecule has 0 spiro atoms. The van der Waals surface area contributed by atoms with Crippen LogP contribution in [0.3, 0.4) is 0 Å². The molecule has 0 aliphatic rings. The van der Waals surface area contributed by atoms with Crippen molar-refractivity contribution in [1.82, 2.24) is 15.5 Å². The maximum atomic E-state index is 12.8. The molecule has 6 nitrogen and oxygen atoms in total. The first-order valence-electron chi connectivity index (χ1n) is 9.55. The van der Waals surface area contributed by atoms with Crippen LogP contribution in [0.15, 0.2) is 77.3 Å². The number of nitrogens with zero attached hydrogens (tertiary/aromatic N) is 2. The molecule has 150 valence electrons. The van der Waals surface area contributed by atoms with Crippen molar-refractivity contribution in [1.29, 1.82) is 0 Å². The van der Waals surface area contributed by atoms with Gasteiger partial charge in [0.15, 0.2) is 0 Å². The number of nitrogens with one attached hydrogen (secondary N) is 1. The molecule has 0 aliphatic carbocycles. The van der Waals surface area contributed by atoms with Gasteiger partial charge in [0.05, 0.1) is 18.2 Å². The number of carbonyl (C=O) groups excluding carboxylic acids is 1. The Hall–Kier alpha value is -3.93. The lowest BCUT2D eigenvalue weighted by Crippen LogP contribution is -2.23. The van der Waals surface area contributed by atoms with E-state index < -0.39 is 0 Å². The number of carbonyl (C=O) groups is 1. The number of hydrogen-bond donors (Lipinski definition) is 1. The standard InChI is InChI=1S/C24H21N3O3/c1-16-7-9-17(10-8-16)15-25-23(28)20-5-3-4-6-21(20)24-26-22(27-30-24)18-11-13-19(29-2)14-12-18/h3-14H,15H2,1-2H3,(H,25,28). The van der Waals surface area contributed by atoms with Gasteiger partial charge >= 0.3 is 0 Å². The smallest absolute Gasteiger partial charge is 0.259 e. The highest BCUT2D eigenvalue weighted by Crippen LogP contribution is 2.26. The molecule has 1 heterocycles. The number of ether oxygens (including phenoxy) is 1. The van der Waals surface area contributed by atoms with Gasteiger partial charge in [0.2, 0.25) is 5.82 Å². The monoisotopic (exact) mass is 399 g/mol. The van der Waals surface area contributed by atoms with Crippen LogP contribution in [-0.4, -0.2) is 23.2 Å². The number of methoxy groups -OCH3 is 1. The highest BCUT2D eigenvalue weighted by Gasteiger charge is 2.18. The second-order valence-corrected chi connectivity index (χ2v) is 6.87. The first-order chi connectivity index (χ1) is 14.6. The third-order valence-corrected chi connectivity index (χ3v) is 4.75. The quantitative estimate of drug-likeness (QED) is 0.511. The predicted octanol–water partition coefficient (Wildman–Crippen LogP) is 4.65. The Kier molecular flexibility index (Phi) is 5.57. The lowest BCUT2D eigenvalue weighted by atomic mass is 10.1. The second-order valence-electron chi connectivity index (χ2n) is 6.87. The van der Waals surface area contributed by atoms with Gasteiger partial charge in [-0.3, -0.25) is 4.79 Å². The molecule has 3 aromatic carbocycles. The molecule has 1 N–H and O–H groups in total. The highest BCUT2D eigenvalue weighted by molar-refractivity contribution is 6.00. The first-order valence-corrected chi connectivity index (χ1v) is 9.55. The van der Waals surface area contributed by atoms with Crippen LogP contribution in [0.5, 0.6) is 5.75 Å². The molecule has 0 aliphatic heterocycles. The van der Waals surface area contributed by atoms with E-state index in [4.69, 9.17) is 9.26 Å². The zero-order valence-electron chi connectivity index (χ0n) is 16.8. The number of amides is 1. The average molecular weight is 399 g/mol. The zero-order valence-corrected chi connectivity index (χ0v) is 16.8. The van der Waals surface area contributed by atoms with E-state index in [9.17, 15) is 4.79 Å². The number of aromatic nitrogens is 2. The van der Waals surface area contributed by atoms with E-state index in [-0.39, 0.29) is 5.91 Å². The molecule has 1 aromatic heterocycles. The lowest BCUT2D eigenvalue weighted by Gasteiger charge is -2.08. The lowest BCUT2D eigenvalue weighted by molar-refractivity contribution is 0.0951. The minimum Gasteiger partial charge on any atom is -0.497 e. The predicted molar refractivity (Wildman–Crippen MR) is 114 cm³/mol. The Morgan fingerprint density at radius 1 is 1.00 bits per heavy atom. The van der Waals surface area contributed by atoms with E-state index >= 15 is 0 Å². The van der Waals surface area contributed by atoms with E-state index in [0.717, 1.165) is 16.9 Å². The molecule has 30 heavy (non-hydrogen) atoms. The number of aryl methyl sites for hydroxylation is 1. The third-order valence-electron chi connectivity index (χ3n) is 4.75. The molecule has 4 rings (SSSR count). The van der Waals surface area contributed by atoms with Crippen molar-refractivity contribution >= 4 is 5.91 Å². The van der Waals surface area contributed by atoms with Crippen molar-refractivity contribution in [2.45, 2.75) is 13.5 Å². The summed E-state index contributed by atoms with van der Waals surface area (Å²) in [4.78, 5) is 17.3. The summed E-state index contributed by atoms with van der Waals surface area (Å²) in [6.07, 6.45) is 0. The van der Waals surface area contributed by atoms with Gasteiger partial charge in [-0.05, 0) is 48.9 Å². The van der Waals surface area contributed by atoms with Gasteiger partial charge in [0.1, 0.15) is 5.75 Å². The van der Waals surface area contributed by atoms with E-state index in [2.05, 4.69) is 15.5 Å². The van der Waals surface area contributed by atoms with Crippen molar-refractivity contribution < 1.29 is 14.1 Å². The molecule has 0 bridgehead atoms. The van der Waals surface area contributed by atoms with E-state index in [1.807, 2.05) is 67.6 Å². The molecule has 0 saturated heterocycles. The molecule has 4 aromatic rings. The number of benzene rings is 3. The summed E-state index contributed by atoms with van der Waals surface area (Å²) >= 11 is 0. The van der Waals surface area contributed by atoms with Crippen LogP contribution >= 0.6 is 0 Å². The second kappa shape index (κ2) is 8.61. The van der Waals surface area contributed by atoms with Crippen LogP contribution in [0.1, 0.15) is 21.5 Å². The van der Waals surface area contributed by atoms with Crippen LogP contribution in [0, 0.1) is 6.92 Å². The molecule has 0 unspecified atom stereocenters. The van der Waals surface area contributed by atoms with Gasteiger partial charge in [-0.15, -0.1) is 0 Å². The van der Waals surface area contributed by atoms with Crippen LogP contribution in [0.2, 0.25) is 0 Å². The van der Waals surface area contributed by atoms with Gasteiger partial charge in [-0.2, -0.15) is 4.98 Å². The van der Waals surface area contributed by atoms with Crippen LogP contribution in [-0.2, 0) is 6.54 Å². The van der Waals surface area contributed by atoms with Crippen LogP contribution in [0.4, 0.5) is 0 Å². The summed E-state index contributed by atoms with van der Waals surface area (Å²) in [5.41, 5.74) is 4.08. The van der Waals surface area contributed by atoms with Gasteiger partial charge in [-0.25, -0.2) is 0 Å². The molecule has 1 amide bonds. The van der Waals surface area contributed by atoms with Crippen molar-refractivity contribution in [2.75, 3.05) is 7.11 Å². The Morgan fingerprint density at radius 2 is 1.73 bits per heavy atom. The van der Waals surface area contributed by atoms with E-state index in [1.165, 1.54) is 5.56 Å². The summed E-state index contributed by atoms with van der Waals surface area (Å²) in [6.45, 7) is 2.47. The van der Waals surface area contributed by atoms with Crippen LogP contribution < -0.4 is 10.1 Å². The fourth-order valence-electron chi connectivity index (χ4n) is 3.04. The largest absolute Gasteiger partial charge is 0.497 e. The normalized spacial score (nSPS) is 10.6. The van der Waals surface area contributed by atoms with Crippen LogP contribution in [0.25, 0.3) is 22.8 Å².